The molecule has 0 saturated heterocycles. The number of nitrogens with one attached hydrogen (secondary N) is 1. The van der Waals surface area contributed by atoms with Crippen molar-refractivity contribution in [3.05, 3.63) is 35.1 Å². The highest BCUT2D eigenvalue weighted by Gasteiger charge is 2.05. The lowest BCUT2D eigenvalue weighted by molar-refractivity contribution is 0.415. The lowest BCUT2D eigenvalue weighted by Gasteiger charge is -2.00. The second kappa shape index (κ2) is 3.95. The standard InChI is InChI=1S/C11H11ClN2O/c1-7-10(12)14-11(13-7)8-3-5-9(15-2)6-4-8/h3-6H,1-2H3,(H,13,14). The normalized spacial score (nSPS) is 10.3. The summed E-state index contributed by atoms with van der Waals surface area (Å²) in [7, 11) is 1.64. The van der Waals surface area contributed by atoms with Crippen molar-refractivity contribution in [2.45, 2.75) is 6.92 Å². The number of hydrogen-bond donors (Lipinski definition) is 1. The van der Waals surface area contributed by atoms with Gasteiger partial charge >= 0.3 is 0 Å². The van der Waals surface area contributed by atoms with Crippen LogP contribution < -0.4 is 4.74 Å². The highest BCUT2D eigenvalue weighted by Crippen LogP contribution is 2.22. The molecular formula is C11H11ClN2O. The number of nitrogens with zero attached hydrogens (tertiary/aromatic N) is 1. The summed E-state index contributed by atoms with van der Waals surface area (Å²) in [6, 6.07) is 7.66. The monoisotopic (exact) mass is 222 g/mol. The van der Waals surface area contributed by atoms with E-state index in [1.807, 2.05) is 31.2 Å². The highest BCUT2D eigenvalue weighted by molar-refractivity contribution is 6.30. The molecule has 2 rings (SSSR count). The van der Waals surface area contributed by atoms with E-state index in [1.54, 1.807) is 7.11 Å². The van der Waals surface area contributed by atoms with Crippen LogP contribution in [-0.4, -0.2) is 17.1 Å². The third-order valence-corrected chi connectivity index (χ3v) is 2.56. The van der Waals surface area contributed by atoms with Crippen molar-refractivity contribution in [3.63, 3.8) is 0 Å². The van der Waals surface area contributed by atoms with Gasteiger partial charge in [0.1, 0.15) is 16.7 Å². The molecule has 0 fully saturated rings. The van der Waals surface area contributed by atoms with Gasteiger partial charge in [0.05, 0.1) is 12.8 Å². The summed E-state index contributed by atoms with van der Waals surface area (Å²) in [5.41, 5.74) is 1.80. The number of hydrogen-bond acceptors (Lipinski definition) is 2. The third-order valence-electron chi connectivity index (χ3n) is 2.19. The van der Waals surface area contributed by atoms with Crippen molar-refractivity contribution >= 4 is 11.6 Å². The van der Waals surface area contributed by atoms with Crippen LogP contribution >= 0.6 is 11.6 Å². The van der Waals surface area contributed by atoms with Crippen LogP contribution in [0.15, 0.2) is 24.3 Å². The zero-order valence-corrected chi connectivity index (χ0v) is 9.30. The molecule has 1 heterocycles. The van der Waals surface area contributed by atoms with Gasteiger partial charge in [0, 0.05) is 5.56 Å². The Labute approximate surface area is 93.1 Å². The number of aromatic nitrogens is 2. The molecule has 0 radical (unpaired) electrons. The first-order valence-corrected chi connectivity index (χ1v) is 4.95. The minimum Gasteiger partial charge on any atom is -0.497 e. The molecule has 0 aliphatic heterocycles. The molecule has 78 valence electrons. The highest BCUT2D eigenvalue weighted by atomic mass is 35.5. The van der Waals surface area contributed by atoms with Gasteiger partial charge in [-0.3, -0.25) is 0 Å². The second-order valence-corrected chi connectivity index (χ2v) is 3.59. The third kappa shape index (κ3) is 1.97. The van der Waals surface area contributed by atoms with Crippen LogP contribution in [0.1, 0.15) is 5.69 Å². The molecule has 0 saturated carbocycles. The molecule has 1 aromatic heterocycles. The van der Waals surface area contributed by atoms with E-state index in [2.05, 4.69) is 9.97 Å². The Morgan fingerprint density at radius 1 is 1.27 bits per heavy atom. The summed E-state index contributed by atoms with van der Waals surface area (Å²) < 4.78 is 5.08. The van der Waals surface area contributed by atoms with E-state index in [4.69, 9.17) is 16.3 Å². The summed E-state index contributed by atoms with van der Waals surface area (Å²) in [5.74, 6) is 1.60. The number of imidazole rings is 1. The zero-order valence-electron chi connectivity index (χ0n) is 8.54. The number of aryl methyl sites for hydroxylation is 1. The zero-order chi connectivity index (χ0) is 10.8. The fourth-order valence-corrected chi connectivity index (χ4v) is 1.46. The summed E-state index contributed by atoms with van der Waals surface area (Å²) in [5, 5.41) is 0.584. The Morgan fingerprint density at radius 3 is 2.40 bits per heavy atom. The van der Waals surface area contributed by atoms with Gasteiger partial charge in [0.15, 0.2) is 0 Å². The number of rotatable bonds is 2. The SMILES string of the molecule is COc1ccc(-c2nc(C)c(Cl)[nH]2)cc1. The van der Waals surface area contributed by atoms with E-state index >= 15 is 0 Å². The van der Waals surface area contributed by atoms with Gasteiger partial charge < -0.3 is 9.72 Å². The predicted molar refractivity (Wildman–Crippen MR) is 60.3 cm³/mol. The molecule has 0 atom stereocenters. The first kappa shape index (κ1) is 10.1. The van der Waals surface area contributed by atoms with E-state index in [9.17, 15) is 0 Å². The van der Waals surface area contributed by atoms with Crippen molar-refractivity contribution in [3.8, 4) is 17.1 Å². The maximum Gasteiger partial charge on any atom is 0.138 e. The average Bonchev–Trinajstić information content (AvgIpc) is 2.59. The Morgan fingerprint density at radius 2 is 1.93 bits per heavy atom. The number of H-pyrrole nitrogens is 1. The van der Waals surface area contributed by atoms with Crippen molar-refractivity contribution in [2.75, 3.05) is 7.11 Å². The van der Waals surface area contributed by atoms with Gasteiger partial charge in [-0.2, -0.15) is 0 Å². The van der Waals surface area contributed by atoms with Gasteiger partial charge in [-0.15, -0.1) is 0 Å². The van der Waals surface area contributed by atoms with Crippen molar-refractivity contribution in [1.29, 1.82) is 0 Å². The smallest absolute Gasteiger partial charge is 0.138 e. The number of benzene rings is 1. The summed E-state index contributed by atoms with van der Waals surface area (Å²) in [6.07, 6.45) is 0. The van der Waals surface area contributed by atoms with Crippen LogP contribution in [0.5, 0.6) is 5.75 Å². The molecule has 0 aliphatic carbocycles. The molecule has 0 spiro atoms. The first-order chi connectivity index (χ1) is 7.20. The quantitative estimate of drug-likeness (QED) is 0.848. The Bertz CT molecular complexity index is 442. The lowest BCUT2D eigenvalue weighted by Crippen LogP contribution is -1.83. The van der Waals surface area contributed by atoms with Crippen molar-refractivity contribution < 1.29 is 4.74 Å². The van der Waals surface area contributed by atoms with Crippen LogP contribution in [0.3, 0.4) is 0 Å². The van der Waals surface area contributed by atoms with Gasteiger partial charge in [0.2, 0.25) is 0 Å². The fourth-order valence-electron chi connectivity index (χ4n) is 1.32. The van der Waals surface area contributed by atoms with Crippen LogP contribution in [0.25, 0.3) is 11.4 Å². The van der Waals surface area contributed by atoms with Crippen LogP contribution in [-0.2, 0) is 0 Å². The molecule has 0 unspecified atom stereocenters. The minimum atomic E-state index is 0.584. The molecule has 4 heteroatoms. The number of halogens is 1. The number of ether oxygens (including phenoxy) is 1. The van der Waals surface area contributed by atoms with E-state index in [1.165, 1.54) is 0 Å². The van der Waals surface area contributed by atoms with Crippen molar-refractivity contribution in [2.24, 2.45) is 0 Å². The molecule has 3 nitrogen and oxygen atoms in total. The van der Waals surface area contributed by atoms with Gasteiger partial charge in [-0.05, 0) is 31.2 Å². The maximum atomic E-state index is 5.90. The number of methoxy groups -OCH3 is 1. The minimum absolute atomic E-state index is 0.584. The van der Waals surface area contributed by atoms with E-state index < -0.39 is 0 Å². The maximum absolute atomic E-state index is 5.90. The molecule has 15 heavy (non-hydrogen) atoms. The molecule has 1 aromatic carbocycles. The van der Waals surface area contributed by atoms with E-state index in [0.717, 1.165) is 22.8 Å². The Hall–Kier alpha value is -1.48. The summed E-state index contributed by atoms with van der Waals surface area (Å²) in [6.45, 7) is 1.87. The van der Waals surface area contributed by atoms with Crippen LogP contribution in [0.4, 0.5) is 0 Å². The summed E-state index contributed by atoms with van der Waals surface area (Å²) >= 11 is 5.90. The topological polar surface area (TPSA) is 37.9 Å². The van der Waals surface area contributed by atoms with Gasteiger partial charge in [-0.25, -0.2) is 4.98 Å². The fraction of sp³-hybridized carbons (Fsp3) is 0.182. The molecule has 2 aromatic rings. The first-order valence-electron chi connectivity index (χ1n) is 4.57. The predicted octanol–water partition coefficient (Wildman–Crippen LogP) is 3.05. The molecule has 0 bridgehead atoms. The van der Waals surface area contributed by atoms with Crippen molar-refractivity contribution in [1.82, 2.24) is 9.97 Å². The largest absolute Gasteiger partial charge is 0.497 e. The van der Waals surface area contributed by atoms with Gasteiger partial charge in [-0.1, -0.05) is 11.6 Å². The van der Waals surface area contributed by atoms with Crippen LogP contribution in [0.2, 0.25) is 5.15 Å². The van der Waals surface area contributed by atoms with E-state index in [0.29, 0.717) is 5.15 Å². The van der Waals surface area contributed by atoms with E-state index in [-0.39, 0.29) is 0 Å². The van der Waals surface area contributed by atoms with Gasteiger partial charge in [0.25, 0.3) is 0 Å². The second-order valence-electron chi connectivity index (χ2n) is 3.21. The lowest BCUT2D eigenvalue weighted by atomic mass is 10.2. The summed E-state index contributed by atoms with van der Waals surface area (Å²) in [4.78, 5) is 7.32. The Balaban J connectivity index is 2.37. The number of aromatic amines is 1. The molecule has 0 amide bonds. The Kier molecular flexibility index (Phi) is 2.64. The molecular weight excluding hydrogens is 212 g/mol. The molecule has 0 aliphatic rings. The molecule has 1 N–H and O–H groups in total. The van der Waals surface area contributed by atoms with Crippen LogP contribution in [0, 0.1) is 6.92 Å². The average molecular weight is 223 g/mol.